The molecule has 1 fully saturated rings. The van der Waals surface area contributed by atoms with Gasteiger partial charge in [0.2, 0.25) is 0 Å². The Bertz CT molecular complexity index is 954. The first kappa shape index (κ1) is 24.3. The van der Waals surface area contributed by atoms with E-state index in [0.717, 1.165) is 50.2 Å². The van der Waals surface area contributed by atoms with Crippen LogP contribution in [0.25, 0.3) is 0 Å². The molecule has 0 spiro atoms. The highest BCUT2D eigenvalue weighted by Crippen LogP contribution is 2.40. The Morgan fingerprint density at radius 2 is 2.12 bits per heavy atom. The first-order chi connectivity index (χ1) is 16.4. The van der Waals surface area contributed by atoms with Gasteiger partial charge in [-0.1, -0.05) is 6.07 Å². The summed E-state index contributed by atoms with van der Waals surface area (Å²) in [5.41, 5.74) is 2.30. The molecule has 1 saturated carbocycles. The number of anilines is 2. The monoisotopic (exact) mass is 474 g/mol. The Morgan fingerprint density at radius 3 is 2.85 bits per heavy atom. The van der Waals surface area contributed by atoms with E-state index in [1.54, 1.807) is 6.07 Å². The summed E-state index contributed by atoms with van der Waals surface area (Å²) >= 11 is 0. The molecule has 34 heavy (non-hydrogen) atoms. The summed E-state index contributed by atoms with van der Waals surface area (Å²) in [6.45, 7) is 2.04. The topological polar surface area (TPSA) is 103 Å². The highest BCUT2D eigenvalue weighted by molar-refractivity contribution is 5.76. The predicted octanol–water partition coefficient (Wildman–Crippen LogP) is 3.61. The summed E-state index contributed by atoms with van der Waals surface area (Å²) in [5.74, 6) is -2.20. The van der Waals surface area contributed by atoms with Crippen LogP contribution in [-0.4, -0.2) is 68.6 Å². The third-order valence-electron chi connectivity index (χ3n) is 6.57. The number of nitrogens with zero attached hydrogens (tertiary/aromatic N) is 4. The van der Waals surface area contributed by atoms with Crippen LogP contribution in [0.3, 0.4) is 0 Å². The number of hydrogen-bond acceptors (Lipinski definition) is 7. The van der Waals surface area contributed by atoms with Gasteiger partial charge in [0.25, 0.3) is 5.92 Å². The van der Waals surface area contributed by atoms with Gasteiger partial charge in [-0.15, -0.1) is 0 Å². The summed E-state index contributed by atoms with van der Waals surface area (Å²) < 4.78 is 27.1. The van der Waals surface area contributed by atoms with Crippen LogP contribution >= 0.6 is 0 Å². The largest absolute Gasteiger partial charge is 0.480 e. The molecule has 3 N–H and O–H groups in total. The Morgan fingerprint density at radius 1 is 1.26 bits per heavy atom. The molecule has 3 heterocycles. The fourth-order valence-corrected chi connectivity index (χ4v) is 4.60. The zero-order valence-corrected chi connectivity index (χ0v) is 19.2. The zero-order valence-electron chi connectivity index (χ0n) is 19.2. The van der Waals surface area contributed by atoms with Crippen molar-refractivity contribution in [3.8, 4) is 0 Å². The lowest BCUT2D eigenvalue weighted by atomic mass is 9.86. The van der Waals surface area contributed by atoms with E-state index in [9.17, 15) is 18.7 Å². The third kappa shape index (κ3) is 6.59. The van der Waals surface area contributed by atoms with Gasteiger partial charge in [0.15, 0.2) is 0 Å². The molecule has 2 aliphatic rings. The van der Waals surface area contributed by atoms with Crippen molar-refractivity contribution in [1.29, 1.82) is 0 Å². The number of carbonyl (C=O) groups is 1. The minimum Gasteiger partial charge on any atom is -0.480 e. The molecule has 8 nitrogen and oxygen atoms in total. The number of aryl methyl sites for hydroxylation is 2. The first-order valence-corrected chi connectivity index (χ1v) is 12.0. The first-order valence-electron chi connectivity index (χ1n) is 12.0. The number of pyridine rings is 1. The third-order valence-corrected chi connectivity index (χ3v) is 6.57. The van der Waals surface area contributed by atoms with Gasteiger partial charge in [0.05, 0.1) is 0 Å². The van der Waals surface area contributed by atoms with Crippen LogP contribution in [-0.2, 0) is 17.6 Å². The Balaban J connectivity index is 1.28. The van der Waals surface area contributed by atoms with Gasteiger partial charge in [-0.25, -0.2) is 28.5 Å². The highest BCUT2D eigenvalue weighted by Gasteiger charge is 2.47. The number of alkyl halides is 2. The van der Waals surface area contributed by atoms with Crippen LogP contribution in [0.1, 0.15) is 49.8 Å². The molecule has 1 aliphatic carbocycles. The minimum atomic E-state index is -2.62. The predicted molar refractivity (Wildman–Crippen MR) is 125 cm³/mol. The zero-order chi connectivity index (χ0) is 24.0. The van der Waals surface area contributed by atoms with E-state index in [1.807, 2.05) is 4.90 Å². The second kappa shape index (κ2) is 11.0. The molecule has 1 atom stereocenters. The van der Waals surface area contributed by atoms with Gasteiger partial charge < -0.3 is 15.7 Å². The summed E-state index contributed by atoms with van der Waals surface area (Å²) in [7, 11) is 0. The van der Waals surface area contributed by atoms with Crippen molar-refractivity contribution in [2.24, 2.45) is 0 Å². The number of nitrogens with one attached hydrogen (secondary N) is 2. The van der Waals surface area contributed by atoms with Gasteiger partial charge in [0.1, 0.15) is 24.0 Å². The van der Waals surface area contributed by atoms with Crippen molar-refractivity contribution in [3.63, 3.8) is 0 Å². The SMILES string of the molecule is O=C(O)[C@H](CCN(CCCCc1ccc2c(n1)NCCC2)C1CC(F)(F)C1)Nc1ccncn1. The van der Waals surface area contributed by atoms with Crippen molar-refractivity contribution in [1.82, 2.24) is 19.9 Å². The summed E-state index contributed by atoms with van der Waals surface area (Å²) in [5, 5.41) is 15.9. The van der Waals surface area contributed by atoms with E-state index >= 15 is 0 Å². The van der Waals surface area contributed by atoms with Gasteiger partial charge in [-0.3, -0.25) is 4.90 Å². The van der Waals surface area contributed by atoms with Gasteiger partial charge >= 0.3 is 5.97 Å². The van der Waals surface area contributed by atoms with Crippen molar-refractivity contribution in [2.75, 3.05) is 30.3 Å². The number of aromatic nitrogens is 3. The minimum absolute atomic E-state index is 0.165. The molecule has 2 aromatic heterocycles. The van der Waals surface area contributed by atoms with Gasteiger partial charge in [0, 0.05) is 43.9 Å². The summed E-state index contributed by atoms with van der Waals surface area (Å²) in [4.78, 5) is 26.3. The van der Waals surface area contributed by atoms with Crippen LogP contribution in [0.5, 0.6) is 0 Å². The van der Waals surface area contributed by atoms with Crippen LogP contribution < -0.4 is 10.6 Å². The molecular weight excluding hydrogens is 442 g/mol. The Kier molecular flexibility index (Phi) is 7.87. The van der Waals surface area contributed by atoms with Crippen LogP contribution in [0.15, 0.2) is 30.7 Å². The quantitative estimate of drug-likeness (QED) is 0.401. The number of rotatable bonds is 12. The Hall–Kier alpha value is -2.88. The fourth-order valence-electron chi connectivity index (χ4n) is 4.60. The molecule has 0 amide bonds. The van der Waals surface area contributed by atoms with E-state index in [0.29, 0.717) is 25.3 Å². The van der Waals surface area contributed by atoms with Crippen LogP contribution in [0.2, 0.25) is 0 Å². The maximum atomic E-state index is 13.5. The molecule has 0 unspecified atom stereocenters. The number of unbranched alkanes of at least 4 members (excludes halogenated alkanes) is 1. The summed E-state index contributed by atoms with van der Waals surface area (Å²) in [6.07, 6.45) is 7.59. The lowest BCUT2D eigenvalue weighted by Gasteiger charge is -2.43. The molecule has 0 aromatic carbocycles. The average Bonchev–Trinajstić information content (AvgIpc) is 2.81. The molecule has 0 radical (unpaired) electrons. The number of fused-ring (bicyclic) bond motifs is 1. The molecule has 0 bridgehead atoms. The van der Waals surface area contributed by atoms with Crippen molar-refractivity contribution >= 4 is 17.6 Å². The molecule has 10 heteroatoms. The van der Waals surface area contributed by atoms with Crippen molar-refractivity contribution in [3.05, 3.63) is 42.0 Å². The lowest BCUT2D eigenvalue weighted by Crippen LogP contribution is -2.52. The van der Waals surface area contributed by atoms with Crippen molar-refractivity contribution in [2.45, 2.75) is 69.4 Å². The normalized spacial score (nSPS) is 18.0. The molecule has 184 valence electrons. The number of carboxylic acids is 1. The van der Waals surface area contributed by atoms with Gasteiger partial charge in [-0.2, -0.15) is 0 Å². The molecule has 0 saturated heterocycles. The summed E-state index contributed by atoms with van der Waals surface area (Å²) in [6, 6.07) is 4.75. The van der Waals surface area contributed by atoms with E-state index < -0.39 is 17.9 Å². The van der Waals surface area contributed by atoms with Crippen molar-refractivity contribution < 1.29 is 18.7 Å². The van der Waals surface area contributed by atoms with E-state index in [2.05, 4.69) is 32.7 Å². The second-order valence-electron chi connectivity index (χ2n) is 9.17. The van der Waals surface area contributed by atoms with E-state index in [-0.39, 0.29) is 18.9 Å². The van der Waals surface area contributed by atoms with E-state index in [4.69, 9.17) is 4.98 Å². The molecule has 2 aromatic rings. The Labute approximate surface area is 198 Å². The molecular formula is C24H32F2N6O2. The maximum absolute atomic E-state index is 13.5. The number of hydrogen-bond donors (Lipinski definition) is 3. The van der Waals surface area contributed by atoms with Gasteiger partial charge in [-0.05, 0) is 62.8 Å². The number of aliphatic carboxylic acids is 1. The van der Waals surface area contributed by atoms with Crippen LogP contribution in [0.4, 0.5) is 20.4 Å². The highest BCUT2D eigenvalue weighted by atomic mass is 19.3. The standard InChI is InChI=1S/C24H32F2N6O2/c25-24(26)14-19(15-24)32(13-9-20(23(33)34)31-21-8-11-27-16-29-21)12-2-1-5-18-7-6-17-4-3-10-28-22(17)30-18/h6-8,11,16,19-20H,1-5,9-10,12-15H2,(H,28,30)(H,33,34)(H,27,29,31)/t20-/m0/s1. The van der Waals surface area contributed by atoms with E-state index in [1.165, 1.54) is 18.1 Å². The number of carboxylic acid groups (broad SMARTS) is 1. The number of halogens is 2. The molecule has 4 rings (SSSR count). The second-order valence-corrected chi connectivity index (χ2v) is 9.17. The molecule has 1 aliphatic heterocycles. The van der Waals surface area contributed by atoms with Crippen LogP contribution in [0, 0.1) is 0 Å². The lowest BCUT2D eigenvalue weighted by molar-refractivity contribution is -0.139. The fraction of sp³-hybridized carbons (Fsp3) is 0.583. The average molecular weight is 475 g/mol. The smallest absolute Gasteiger partial charge is 0.326 e. The maximum Gasteiger partial charge on any atom is 0.326 e.